The van der Waals surface area contributed by atoms with Crippen molar-refractivity contribution in [2.45, 2.75) is 39.1 Å². The van der Waals surface area contributed by atoms with E-state index in [1.165, 1.54) is 9.75 Å². The first kappa shape index (κ1) is 13.0. The van der Waals surface area contributed by atoms with Gasteiger partial charge in [0.1, 0.15) is 6.17 Å². The summed E-state index contributed by atoms with van der Waals surface area (Å²) in [7, 11) is 0. The highest BCUT2D eigenvalue weighted by atomic mass is 32.1. The molecule has 17 heavy (non-hydrogen) atoms. The van der Waals surface area contributed by atoms with Gasteiger partial charge in [-0.05, 0) is 24.5 Å². The number of nitrogens with zero attached hydrogens (tertiary/aromatic N) is 1. The van der Waals surface area contributed by atoms with E-state index in [-0.39, 0.29) is 0 Å². The van der Waals surface area contributed by atoms with Crippen molar-refractivity contribution >= 4 is 11.3 Å². The number of hydrogen-bond acceptors (Lipinski definition) is 3. The van der Waals surface area contributed by atoms with Crippen molar-refractivity contribution in [1.29, 1.82) is 0 Å². The highest BCUT2D eigenvalue weighted by molar-refractivity contribution is 7.11. The van der Waals surface area contributed by atoms with Crippen molar-refractivity contribution in [1.82, 2.24) is 4.90 Å². The van der Waals surface area contributed by atoms with Crippen LogP contribution in [0.25, 0.3) is 0 Å². The van der Waals surface area contributed by atoms with Gasteiger partial charge in [-0.2, -0.15) is 0 Å². The smallest absolute Gasteiger partial charge is 0.140 e. The molecule has 0 aromatic carbocycles. The number of likely N-dealkylation sites (tertiary alicyclic amines) is 1. The van der Waals surface area contributed by atoms with Crippen LogP contribution in [0.1, 0.15) is 23.6 Å². The van der Waals surface area contributed by atoms with Gasteiger partial charge in [-0.25, -0.2) is 4.39 Å². The Morgan fingerprint density at radius 2 is 2.12 bits per heavy atom. The van der Waals surface area contributed by atoms with E-state index in [0.717, 1.165) is 13.0 Å². The molecule has 0 bridgehead atoms. The molecule has 1 aliphatic heterocycles. The number of aliphatic hydroxyl groups is 1. The zero-order valence-corrected chi connectivity index (χ0v) is 11.2. The third kappa shape index (κ3) is 3.50. The normalized spacial score (nSPS) is 25.9. The molecule has 96 valence electrons. The molecule has 0 aliphatic carbocycles. The van der Waals surface area contributed by atoms with Crippen molar-refractivity contribution in [3.8, 4) is 0 Å². The predicted molar refractivity (Wildman–Crippen MR) is 69.0 cm³/mol. The lowest BCUT2D eigenvalue weighted by atomic mass is 10.1. The van der Waals surface area contributed by atoms with Gasteiger partial charge >= 0.3 is 0 Å². The van der Waals surface area contributed by atoms with Crippen LogP contribution in [-0.2, 0) is 13.0 Å². The molecular weight excluding hydrogens is 237 g/mol. The molecule has 1 N–H and O–H groups in total. The summed E-state index contributed by atoms with van der Waals surface area (Å²) in [5.74, 6) is 0.672. The van der Waals surface area contributed by atoms with E-state index in [1.807, 2.05) is 4.90 Å². The highest BCUT2D eigenvalue weighted by Crippen LogP contribution is 2.23. The quantitative estimate of drug-likeness (QED) is 0.895. The van der Waals surface area contributed by atoms with Gasteiger partial charge in [0.05, 0.1) is 6.10 Å². The van der Waals surface area contributed by atoms with Gasteiger partial charge in [0.2, 0.25) is 0 Å². The molecule has 1 fully saturated rings. The number of thiophene rings is 1. The van der Waals surface area contributed by atoms with Crippen molar-refractivity contribution in [3.63, 3.8) is 0 Å². The minimum atomic E-state index is -1.08. The lowest BCUT2D eigenvalue weighted by Crippen LogP contribution is -2.20. The first-order chi connectivity index (χ1) is 8.04. The van der Waals surface area contributed by atoms with Crippen LogP contribution in [0.3, 0.4) is 0 Å². The van der Waals surface area contributed by atoms with Gasteiger partial charge in [0, 0.05) is 29.4 Å². The minimum Gasteiger partial charge on any atom is -0.389 e. The molecule has 2 nitrogen and oxygen atoms in total. The fourth-order valence-electron chi connectivity index (χ4n) is 2.19. The zero-order chi connectivity index (χ0) is 12.4. The van der Waals surface area contributed by atoms with Gasteiger partial charge in [-0.15, -0.1) is 11.3 Å². The zero-order valence-electron chi connectivity index (χ0n) is 10.4. The molecule has 0 spiro atoms. The van der Waals surface area contributed by atoms with Crippen LogP contribution >= 0.6 is 11.3 Å². The molecule has 1 aliphatic rings. The topological polar surface area (TPSA) is 23.5 Å². The molecule has 0 radical (unpaired) electrons. The number of alkyl halides is 1. The Labute approximate surface area is 106 Å². The van der Waals surface area contributed by atoms with Crippen LogP contribution in [-0.4, -0.2) is 35.4 Å². The lowest BCUT2D eigenvalue weighted by Gasteiger charge is -2.12. The standard InChI is InChI=1S/C13H20FNOS/c1-9(2)5-10-3-4-11(17-10)6-15-7-12(14)13(16)8-15/h3-4,9,12-13,16H,5-8H2,1-2H3/t12-,13-/m1/s1. The number of aliphatic hydroxyl groups excluding tert-OH is 1. The minimum absolute atomic E-state index is 0.360. The molecule has 2 heterocycles. The number of halogens is 1. The number of rotatable bonds is 4. The second-order valence-corrected chi connectivity index (χ2v) is 6.50. The summed E-state index contributed by atoms with van der Waals surface area (Å²) in [5, 5.41) is 9.36. The van der Waals surface area contributed by atoms with E-state index in [9.17, 15) is 9.50 Å². The molecule has 1 aromatic heterocycles. The van der Waals surface area contributed by atoms with E-state index < -0.39 is 12.3 Å². The van der Waals surface area contributed by atoms with E-state index in [4.69, 9.17) is 0 Å². The first-order valence-electron chi connectivity index (χ1n) is 6.16. The summed E-state index contributed by atoms with van der Waals surface area (Å²) in [6.07, 6.45) is -0.769. The maximum Gasteiger partial charge on any atom is 0.140 e. The predicted octanol–water partition coefficient (Wildman–Crippen LogP) is 2.46. The van der Waals surface area contributed by atoms with Crippen molar-refractivity contribution < 1.29 is 9.50 Å². The van der Waals surface area contributed by atoms with Crippen molar-refractivity contribution in [3.05, 3.63) is 21.9 Å². The van der Waals surface area contributed by atoms with Gasteiger partial charge in [-0.3, -0.25) is 4.90 Å². The molecule has 0 saturated carbocycles. The molecule has 2 atom stereocenters. The lowest BCUT2D eigenvalue weighted by molar-refractivity contribution is 0.115. The van der Waals surface area contributed by atoms with Crippen molar-refractivity contribution in [2.75, 3.05) is 13.1 Å². The van der Waals surface area contributed by atoms with Crippen molar-refractivity contribution in [2.24, 2.45) is 5.92 Å². The molecule has 0 unspecified atom stereocenters. The van der Waals surface area contributed by atoms with Crippen LogP contribution in [0.2, 0.25) is 0 Å². The van der Waals surface area contributed by atoms with E-state index in [0.29, 0.717) is 19.0 Å². The number of β-amino-alcohol motifs (C(OH)–C–C–N with tert-alkyl or cyclic N) is 1. The first-order valence-corrected chi connectivity index (χ1v) is 6.98. The van der Waals surface area contributed by atoms with Gasteiger partial charge < -0.3 is 5.11 Å². The van der Waals surface area contributed by atoms with Gasteiger partial charge in [0.15, 0.2) is 0 Å². The van der Waals surface area contributed by atoms with E-state index in [1.54, 1.807) is 11.3 Å². The molecule has 0 amide bonds. The van der Waals surface area contributed by atoms with Crippen LogP contribution < -0.4 is 0 Å². The second-order valence-electron chi connectivity index (χ2n) is 5.24. The summed E-state index contributed by atoms with van der Waals surface area (Å²) >= 11 is 1.80. The van der Waals surface area contributed by atoms with Gasteiger partial charge in [-0.1, -0.05) is 13.8 Å². The summed E-state index contributed by atoms with van der Waals surface area (Å²) in [6.45, 7) is 6.01. The van der Waals surface area contributed by atoms with Crippen LogP contribution in [0.15, 0.2) is 12.1 Å². The molecule has 1 saturated heterocycles. The third-order valence-electron chi connectivity index (χ3n) is 3.00. The molecule has 1 aromatic rings. The monoisotopic (exact) mass is 257 g/mol. The van der Waals surface area contributed by atoms with Crippen LogP contribution in [0, 0.1) is 5.92 Å². The molecule has 4 heteroatoms. The Balaban J connectivity index is 1.89. The Morgan fingerprint density at radius 3 is 2.71 bits per heavy atom. The maximum absolute atomic E-state index is 13.2. The molecular formula is C13H20FNOS. The van der Waals surface area contributed by atoms with Crippen LogP contribution in [0.5, 0.6) is 0 Å². The summed E-state index contributed by atoms with van der Waals surface area (Å²) in [5.41, 5.74) is 0. The largest absolute Gasteiger partial charge is 0.389 e. The fraction of sp³-hybridized carbons (Fsp3) is 0.692. The highest BCUT2D eigenvalue weighted by Gasteiger charge is 2.31. The third-order valence-corrected chi connectivity index (χ3v) is 4.09. The average Bonchev–Trinajstić information content (AvgIpc) is 2.75. The van der Waals surface area contributed by atoms with E-state index >= 15 is 0 Å². The second kappa shape index (κ2) is 5.46. The van der Waals surface area contributed by atoms with Gasteiger partial charge in [0.25, 0.3) is 0 Å². The Hall–Kier alpha value is -0.450. The Morgan fingerprint density at radius 1 is 1.41 bits per heavy atom. The summed E-state index contributed by atoms with van der Waals surface area (Å²) < 4.78 is 13.2. The van der Waals surface area contributed by atoms with Crippen LogP contribution in [0.4, 0.5) is 4.39 Å². The fourth-order valence-corrected chi connectivity index (χ4v) is 3.46. The molecule has 2 rings (SSSR count). The number of hydrogen-bond donors (Lipinski definition) is 1. The summed E-state index contributed by atoms with van der Waals surface area (Å²) in [6, 6.07) is 4.29. The SMILES string of the molecule is CC(C)Cc1ccc(CN2C[C@@H](O)[C@H](F)C2)s1. The average molecular weight is 257 g/mol. The Bertz CT molecular complexity index is 356. The summed E-state index contributed by atoms with van der Waals surface area (Å²) in [4.78, 5) is 4.65. The maximum atomic E-state index is 13.2. The van der Waals surface area contributed by atoms with E-state index in [2.05, 4.69) is 26.0 Å². The Kier molecular flexibility index (Phi) is 4.17.